The highest BCUT2D eigenvalue weighted by Gasteiger charge is 2.47. The summed E-state index contributed by atoms with van der Waals surface area (Å²) in [4.78, 5) is 0. The predicted octanol–water partition coefficient (Wildman–Crippen LogP) is 1.35. The lowest BCUT2D eigenvalue weighted by molar-refractivity contribution is 0.0176. The summed E-state index contributed by atoms with van der Waals surface area (Å²) in [6.07, 6.45) is -0.704. The van der Waals surface area contributed by atoms with Crippen LogP contribution in [0.15, 0.2) is 12.1 Å². The van der Waals surface area contributed by atoms with Crippen LogP contribution in [0.4, 0.5) is 8.78 Å². The lowest BCUT2D eigenvalue weighted by atomic mass is 9.82. The highest BCUT2D eigenvalue weighted by molar-refractivity contribution is 5.38. The third-order valence-electron chi connectivity index (χ3n) is 3.90. The van der Waals surface area contributed by atoms with Gasteiger partial charge in [0.1, 0.15) is 0 Å². The molecule has 0 amide bonds. The van der Waals surface area contributed by atoms with Crippen molar-refractivity contribution < 1.29 is 19.0 Å². The Hall–Kier alpha value is -1.00. The molecular formula is C12H12F2O2. The minimum atomic E-state index is -0.857. The zero-order chi connectivity index (χ0) is 11.4. The third-order valence-corrected chi connectivity index (χ3v) is 3.90. The Morgan fingerprint density at radius 2 is 1.88 bits per heavy atom. The van der Waals surface area contributed by atoms with E-state index in [9.17, 15) is 19.0 Å². The van der Waals surface area contributed by atoms with Crippen LogP contribution in [0.5, 0.6) is 0 Å². The van der Waals surface area contributed by atoms with Crippen LogP contribution in [0.1, 0.15) is 23.5 Å². The first-order valence-corrected chi connectivity index (χ1v) is 5.42. The second kappa shape index (κ2) is 3.25. The molecule has 16 heavy (non-hydrogen) atoms. The van der Waals surface area contributed by atoms with Crippen LogP contribution in [0.2, 0.25) is 0 Å². The van der Waals surface area contributed by atoms with Crippen molar-refractivity contribution in [1.82, 2.24) is 0 Å². The summed E-state index contributed by atoms with van der Waals surface area (Å²) in [5.74, 6) is -2.08. The lowest BCUT2D eigenvalue weighted by Crippen LogP contribution is -2.26. The fraction of sp³-hybridized carbons (Fsp3) is 0.500. The quantitative estimate of drug-likeness (QED) is 0.701. The fourth-order valence-electron chi connectivity index (χ4n) is 3.06. The van der Waals surface area contributed by atoms with Crippen LogP contribution >= 0.6 is 0 Å². The molecule has 1 aromatic carbocycles. The largest absolute Gasteiger partial charge is 0.390 e. The van der Waals surface area contributed by atoms with E-state index in [1.807, 2.05) is 0 Å². The summed E-state index contributed by atoms with van der Waals surface area (Å²) in [6, 6.07) is 2.61. The maximum atomic E-state index is 13.6. The van der Waals surface area contributed by atoms with Crippen LogP contribution in [-0.2, 0) is 6.42 Å². The molecule has 0 aromatic heterocycles. The van der Waals surface area contributed by atoms with Gasteiger partial charge in [0.2, 0.25) is 0 Å². The molecule has 0 saturated heterocycles. The summed E-state index contributed by atoms with van der Waals surface area (Å²) < 4.78 is 26.6. The average Bonchev–Trinajstić information content (AvgIpc) is 2.51. The number of hydrogen-bond acceptors (Lipinski definition) is 2. The standard InChI is InChI=1S/C12H12F2O2/c13-9-2-1-6-7(10(9)14)3-5-4-8(6)12(16)11(5)15/h1-2,5,8,11-12,15-16H,3-4H2/t5-,8-,11+,12-/m0/s1. The Morgan fingerprint density at radius 1 is 1.12 bits per heavy atom. The van der Waals surface area contributed by atoms with Crippen molar-refractivity contribution in [3.63, 3.8) is 0 Å². The summed E-state index contributed by atoms with van der Waals surface area (Å²) in [5, 5.41) is 19.5. The number of rotatable bonds is 0. The van der Waals surface area contributed by atoms with E-state index in [2.05, 4.69) is 0 Å². The highest BCUT2D eigenvalue weighted by atomic mass is 19.2. The molecule has 0 unspecified atom stereocenters. The van der Waals surface area contributed by atoms with Gasteiger partial charge in [-0.3, -0.25) is 0 Å². The zero-order valence-electron chi connectivity index (χ0n) is 8.53. The maximum absolute atomic E-state index is 13.6. The van der Waals surface area contributed by atoms with Gasteiger partial charge in [-0.2, -0.15) is 0 Å². The molecule has 2 aliphatic carbocycles. The molecule has 86 valence electrons. The van der Waals surface area contributed by atoms with Crippen molar-refractivity contribution >= 4 is 0 Å². The van der Waals surface area contributed by atoms with Gasteiger partial charge in [-0.15, -0.1) is 0 Å². The van der Waals surface area contributed by atoms with E-state index in [0.29, 0.717) is 24.0 Å². The van der Waals surface area contributed by atoms with Gasteiger partial charge in [-0.05, 0) is 36.0 Å². The molecule has 1 aromatic rings. The summed E-state index contributed by atoms with van der Waals surface area (Å²) in [7, 11) is 0. The minimum Gasteiger partial charge on any atom is -0.390 e. The third kappa shape index (κ3) is 1.17. The van der Waals surface area contributed by atoms with E-state index in [-0.39, 0.29) is 11.8 Å². The molecule has 0 spiro atoms. The van der Waals surface area contributed by atoms with Gasteiger partial charge in [-0.25, -0.2) is 8.78 Å². The van der Waals surface area contributed by atoms with Gasteiger partial charge in [-0.1, -0.05) is 6.07 Å². The second-order valence-electron chi connectivity index (χ2n) is 4.72. The molecule has 4 atom stereocenters. The zero-order valence-corrected chi connectivity index (χ0v) is 8.53. The van der Waals surface area contributed by atoms with Crippen molar-refractivity contribution in [1.29, 1.82) is 0 Å². The SMILES string of the molecule is O[C@@H]1[C@H]2Cc3c(ccc(F)c3F)[C@H](C2)[C@@H]1O. The van der Waals surface area contributed by atoms with Crippen LogP contribution in [0.25, 0.3) is 0 Å². The predicted molar refractivity (Wildman–Crippen MR) is 52.9 cm³/mol. The number of benzene rings is 1. The topological polar surface area (TPSA) is 40.5 Å². The van der Waals surface area contributed by atoms with Gasteiger partial charge >= 0.3 is 0 Å². The van der Waals surface area contributed by atoms with E-state index >= 15 is 0 Å². The number of aliphatic hydroxyl groups excluding tert-OH is 2. The van der Waals surface area contributed by atoms with E-state index in [4.69, 9.17) is 0 Å². The van der Waals surface area contributed by atoms with Crippen molar-refractivity contribution in [3.05, 3.63) is 34.9 Å². The first-order chi connectivity index (χ1) is 7.59. The second-order valence-corrected chi connectivity index (χ2v) is 4.72. The molecular weight excluding hydrogens is 214 g/mol. The minimum absolute atomic E-state index is 0.149. The lowest BCUT2D eigenvalue weighted by Gasteiger charge is -2.23. The Bertz CT molecular complexity index is 447. The maximum Gasteiger partial charge on any atom is 0.162 e. The average molecular weight is 226 g/mol. The van der Waals surface area contributed by atoms with Crippen LogP contribution in [-0.4, -0.2) is 22.4 Å². The van der Waals surface area contributed by atoms with E-state index < -0.39 is 23.8 Å². The van der Waals surface area contributed by atoms with Gasteiger partial charge < -0.3 is 10.2 Å². The summed E-state index contributed by atoms with van der Waals surface area (Å²) >= 11 is 0. The Kier molecular flexibility index (Phi) is 2.06. The molecule has 2 bridgehead atoms. The summed E-state index contributed by atoms with van der Waals surface area (Å²) in [5.41, 5.74) is 0.982. The monoisotopic (exact) mass is 226 g/mol. The Morgan fingerprint density at radius 3 is 2.62 bits per heavy atom. The molecule has 0 aliphatic heterocycles. The molecule has 1 saturated carbocycles. The van der Waals surface area contributed by atoms with E-state index in [0.717, 1.165) is 6.07 Å². The number of fused-ring (bicyclic) bond motifs is 4. The van der Waals surface area contributed by atoms with Gasteiger partial charge in [0.15, 0.2) is 11.6 Å². The van der Waals surface area contributed by atoms with Gasteiger partial charge in [0.25, 0.3) is 0 Å². The highest BCUT2D eigenvalue weighted by Crippen LogP contribution is 2.47. The van der Waals surface area contributed by atoms with Crippen molar-refractivity contribution in [3.8, 4) is 0 Å². The number of aliphatic hydroxyl groups is 2. The van der Waals surface area contributed by atoms with Gasteiger partial charge in [0, 0.05) is 5.92 Å². The van der Waals surface area contributed by atoms with E-state index in [1.54, 1.807) is 0 Å². The first kappa shape index (κ1) is 10.2. The first-order valence-electron chi connectivity index (χ1n) is 5.42. The van der Waals surface area contributed by atoms with Crippen molar-refractivity contribution in [2.75, 3.05) is 0 Å². The molecule has 2 aliphatic rings. The fourth-order valence-corrected chi connectivity index (χ4v) is 3.06. The van der Waals surface area contributed by atoms with Crippen LogP contribution in [0, 0.1) is 17.6 Å². The van der Waals surface area contributed by atoms with Crippen LogP contribution in [0.3, 0.4) is 0 Å². The summed E-state index contributed by atoms with van der Waals surface area (Å²) in [6.45, 7) is 0. The molecule has 1 fully saturated rings. The molecule has 0 radical (unpaired) electrons. The van der Waals surface area contributed by atoms with Gasteiger partial charge in [0.05, 0.1) is 12.2 Å². The van der Waals surface area contributed by atoms with Crippen molar-refractivity contribution in [2.45, 2.75) is 31.0 Å². The molecule has 3 rings (SSSR count). The Labute approximate surface area is 91.5 Å². The van der Waals surface area contributed by atoms with Crippen molar-refractivity contribution in [2.24, 2.45) is 5.92 Å². The molecule has 2 nitrogen and oxygen atoms in total. The smallest absolute Gasteiger partial charge is 0.162 e. The molecule has 4 heteroatoms. The Balaban J connectivity index is 2.15. The van der Waals surface area contributed by atoms with Crippen LogP contribution < -0.4 is 0 Å². The number of hydrogen-bond donors (Lipinski definition) is 2. The molecule has 0 heterocycles. The number of halogens is 2. The molecule has 2 N–H and O–H groups in total. The van der Waals surface area contributed by atoms with E-state index in [1.165, 1.54) is 6.07 Å². The normalized spacial score (nSPS) is 36.2.